The minimum atomic E-state index is -0.460. The quantitative estimate of drug-likeness (QED) is 0.804. The highest BCUT2D eigenvalue weighted by atomic mass is 19.1. The lowest BCUT2D eigenvalue weighted by Crippen LogP contribution is -2.43. The second-order valence-electron chi connectivity index (χ2n) is 5.11. The van der Waals surface area contributed by atoms with Crippen LogP contribution in [0.15, 0.2) is 18.5 Å². The standard InChI is InChI=1S/C13H16FN3O/c14-12-3-10(5-16-7-12)13(18)17-2-1-9-4-15-6-11(9)8-17/h3,5,7,9,11,15H,1-2,4,6,8H2. The molecule has 18 heavy (non-hydrogen) atoms. The molecule has 1 aromatic heterocycles. The van der Waals surface area contributed by atoms with Crippen LogP contribution in [0, 0.1) is 17.7 Å². The Labute approximate surface area is 105 Å². The molecule has 3 heterocycles. The summed E-state index contributed by atoms with van der Waals surface area (Å²) in [6.07, 6.45) is 3.58. The molecule has 96 valence electrons. The van der Waals surface area contributed by atoms with E-state index in [0.717, 1.165) is 38.8 Å². The van der Waals surface area contributed by atoms with Gasteiger partial charge in [-0.25, -0.2) is 4.39 Å². The third kappa shape index (κ3) is 2.10. The van der Waals surface area contributed by atoms with Crippen LogP contribution in [-0.4, -0.2) is 42.0 Å². The van der Waals surface area contributed by atoms with Crippen molar-refractivity contribution < 1.29 is 9.18 Å². The number of hydrogen-bond acceptors (Lipinski definition) is 3. The average molecular weight is 249 g/mol. The lowest BCUT2D eigenvalue weighted by Gasteiger charge is -2.34. The Morgan fingerprint density at radius 1 is 1.39 bits per heavy atom. The minimum absolute atomic E-state index is 0.104. The minimum Gasteiger partial charge on any atom is -0.338 e. The number of carbonyl (C=O) groups excluding carboxylic acids is 1. The number of hydrogen-bond donors (Lipinski definition) is 1. The summed E-state index contributed by atoms with van der Waals surface area (Å²) in [5.74, 6) is 0.675. The van der Waals surface area contributed by atoms with Gasteiger partial charge in [-0.05, 0) is 37.4 Å². The monoisotopic (exact) mass is 249 g/mol. The van der Waals surface area contributed by atoms with Crippen LogP contribution < -0.4 is 5.32 Å². The van der Waals surface area contributed by atoms with Crippen LogP contribution in [0.4, 0.5) is 4.39 Å². The fourth-order valence-electron chi connectivity index (χ4n) is 2.93. The Morgan fingerprint density at radius 3 is 3.06 bits per heavy atom. The highest BCUT2D eigenvalue weighted by Crippen LogP contribution is 2.27. The molecule has 2 atom stereocenters. The van der Waals surface area contributed by atoms with Gasteiger partial charge in [-0.2, -0.15) is 0 Å². The van der Waals surface area contributed by atoms with Crippen molar-refractivity contribution in [3.05, 3.63) is 29.8 Å². The maximum Gasteiger partial charge on any atom is 0.255 e. The van der Waals surface area contributed by atoms with Gasteiger partial charge in [-0.1, -0.05) is 0 Å². The van der Waals surface area contributed by atoms with E-state index in [0.29, 0.717) is 17.4 Å². The summed E-state index contributed by atoms with van der Waals surface area (Å²) < 4.78 is 13.1. The summed E-state index contributed by atoms with van der Waals surface area (Å²) >= 11 is 0. The summed E-state index contributed by atoms with van der Waals surface area (Å²) in [7, 11) is 0. The van der Waals surface area contributed by atoms with Crippen LogP contribution in [0.2, 0.25) is 0 Å². The van der Waals surface area contributed by atoms with Crippen molar-refractivity contribution in [3.8, 4) is 0 Å². The van der Waals surface area contributed by atoms with Gasteiger partial charge >= 0.3 is 0 Å². The van der Waals surface area contributed by atoms with Gasteiger partial charge in [-0.15, -0.1) is 0 Å². The largest absolute Gasteiger partial charge is 0.338 e. The molecule has 1 N–H and O–H groups in total. The maximum atomic E-state index is 13.1. The number of likely N-dealkylation sites (tertiary alicyclic amines) is 1. The average Bonchev–Trinajstić information content (AvgIpc) is 2.85. The molecular weight excluding hydrogens is 233 g/mol. The Morgan fingerprint density at radius 2 is 2.22 bits per heavy atom. The highest BCUT2D eigenvalue weighted by Gasteiger charge is 2.34. The number of amides is 1. The SMILES string of the molecule is O=C(c1cncc(F)c1)N1CCC2CNCC2C1. The molecule has 1 amide bonds. The smallest absolute Gasteiger partial charge is 0.255 e. The Bertz CT molecular complexity index is 465. The molecule has 0 aromatic carbocycles. The van der Waals surface area contributed by atoms with E-state index < -0.39 is 5.82 Å². The van der Waals surface area contributed by atoms with Gasteiger partial charge in [0, 0.05) is 19.3 Å². The molecular formula is C13H16FN3O. The Kier molecular flexibility index (Phi) is 2.99. The number of halogens is 1. The van der Waals surface area contributed by atoms with Crippen molar-refractivity contribution in [2.45, 2.75) is 6.42 Å². The third-order valence-corrected chi connectivity index (χ3v) is 3.94. The van der Waals surface area contributed by atoms with Crippen LogP contribution in [0.25, 0.3) is 0 Å². The van der Waals surface area contributed by atoms with E-state index >= 15 is 0 Å². The number of piperidine rings is 1. The predicted molar refractivity (Wildman–Crippen MR) is 64.6 cm³/mol. The van der Waals surface area contributed by atoms with Crippen molar-refractivity contribution in [3.63, 3.8) is 0 Å². The number of rotatable bonds is 1. The first-order valence-corrected chi connectivity index (χ1v) is 6.34. The van der Waals surface area contributed by atoms with E-state index in [1.807, 2.05) is 4.90 Å². The first-order chi connectivity index (χ1) is 8.74. The molecule has 1 aromatic rings. The van der Waals surface area contributed by atoms with E-state index in [9.17, 15) is 9.18 Å². The molecule has 2 aliphatic heterocycles. The summed E-state index contributed by atoms with van der Waals surface area (Å²) in [5.41, 5.74) is 0.347. The molecule has 2 saturated heterocycles. The fraction of sp³-hybridized carbons (Fsp3) is 0.538. The van der Waals surface area contributed by atoms with Gasteiger partial charge in [-0.3, -0.25) is 9.78 Å². The Balaban J connectivity index is 1.73. The molecule has 0 radical (unpaired) electrons. The molecule has 2 fully saturated rings. The number of pyridine rings is 1. The molecule has 0 aliphatic carbocycles. The Hall–Kier alpha value is -1.49. The summed E-state index contributed by atoms with van der Waals surface area (Å²) in [4.78, 5) is 17.8. The van der Waals surface area contributed by atoms with E-state index in [1.54, 1.807) is 0 Å². The van der Waals surface area contributed by atoms with Crippen molar-refractivity contribution in [1.82, 2.24) is 15.2 Å². The lowest BCUT2D eigenvalue weighted by molar-refractivity contribution is 0.0641. The van der Waals surface area contributed by atoms with E-state index in [-0.39, 0.29) is 5.91 Å². The van der Waals surface area contributed by atoms with Gasteiger partial charge in [0.15, 0.2) is 0 Å². The van der Waals surface area contributed by atoms with E-state index in [2.05, 4.69) is 10.3 Å². The van der Waals surface area contributed by atoms with Gasteiger partial charge in [0.1, 0.15) is 5.82 Å². The maximum absolute atomic E-state index is 13.1. The summed E-state index contributed by atoms with van der Waals surface area (Å²) in [5, 5.41) is 3.36. The van der Waals surface area contributed by atoms with Crippen molar-refractivity contribution in [2.75, 3.05) is 26.2 Å². The number of fused-ring (bicyclic) bond motifs is 1. The fourth-order valence-corrected chi connectivity index (χ4v) is 2.93. The molecule has 0 saturated carbocycles. The third-order valence-electron chi connectivity index (χ3n) is 3.94. The summed E-state index contributed by atoms with van der Waals surface area (Å²) in [6, 6.07) is 1.26. The highest BCUT2D eigenvalue weighted by molar-refractivity contribution is 5.94. The van der Waals surface area contributed by atoms with Crippen LogP contribution in [0.1, 0.15) is 16.8 Å². The number of nitrogens with one attached hydrogen (secondary N) is 1. The van der Waals surface area contributed by atoms with Crippen molar-refractivity contribution in [2.24, 2.45) is 11.8 Å². The molecule has 2 unspecified atom stereocenters. The zero-order chi connectivity index (χ0) is 12.5. The lowest BCUT2D eigenvalue weighted by atomic mass is 9.88. The molecule has 4 nitrogen and oxygen atoms in total. The normalized spacial score (nSPS) is 27.1. The molecule has 0 bridgehead atoms. The second kappa shape index (κ2) is 4.65. The van der Waals surface area contributed by atoms with Crippen LogP contribution >= 0.6 is 0 Å². The number of nitrogens with zero attached hydrogens (tertiary/aromatic N) is 2. The van der Waals surface area contributed by atoms with Gasteiger partial charge in [0.25, 0.3) is 5.91 Å². The van der Waals surface area contributed by atoms with Crippen molar-refractivity contribution in [1.29, 1.82) is 0 Å². The zero-order valence-corrected chi connectivity index (χ0v) is 10.1. The molecule has 2 aliphatic rings. The summed E-state index contributed by atoms with van der Waals surface area (Å²) in [6.45, 7) is 3.58. The first-order valence-electron chi connectivity index (χ1n) is 6.34. The van der Waals surface area contributed by atoms with Crippen LogP contribution in [0.3, 0.4) is 0 Å². The first kappa shape index (κ1) is 11.6. The molecule has 0 spiro atoms. The van der Waals surface area contributed by atoms with E-state index in [1.165, 1.54) is 12.3 Å². The molecule has 5 heteroatoms. The topological polar surface area (TPSA) is 45.2 Å². The van der Waals surface area contributed by atoms with Gasteiger partial charge < -0.3 is 10.2 Å². The second-order valence-corrected chi connectivity index (χ2v) is 5.11. The zero-order valence-electron chi connectivity index (χ0n) is 10.1. The van der Waals surface area contributed by atoms with Gasteiger partial charge in [0.05, 0.1) is 11.8 Å². The van der Waals surface area contributed by atoms with E-state index in [4.69, 9.17) is 0 Å². The number of aromatic nitrogens is 1. The molecule has 3 rings (SSSR count). The van der Waals surface area contributed by atoms with Crippen molar-refractivity contribution >= 4 is 5.91 Å². The predicted octanol–water partition coefficient (Wildman–Crippen LogP) is 0.902. The van der Waals surface area contributed by atoms with Crippen LogP contribution in [0.5, 0.6) is 0 Å². The van der Waals surface area contributed by atoms with Gasteiger partial charge in [0.2, 0.25) is 0 Å². The number of carbonyl (C=O) groups is 1. The van der Waals surface area contributed by atoms with Crippen LogP contribution in [-0.2, 0) is 0 Å².